The molecule has 35 heavy (non-hydrogen) atoms. The predicted molar refractivity (Wildman–Crippen MR) is 134 cm³/mol. The van der Waals surface area contributed by atoms with Crippen LogP contribution in [-0.2, 0) is 9.59 Å². The number of piperidine rings is 1. The van der Waals surface area contributed by atoms with Crippen LogP contribution in [0.2, 0.25) is 0 Å². The van der Waals surface area contributed by atoms with E-state index in [0.717, 1.165) is 58.3 Å². The van der Waals surface area contributed by atoms with Crippen molar-refractivity contribution in [1.29, 1.82) is 0 Å². The van der Waals surface area contributed by atoms with Crippen molar-refractivity contribution in [2.45, 2.75) is 38.5 Å². The second kappa shape index (κ2) is 10.2. The number of hydrogen-bond acceptors (Lipinski definition) is 6. The number of anilines is 2. The van der Waals surface area contributed by atoms with E-state index in [4.69, 9.17) is 4.98 Å². The van der Waals surface area contributed by atoms with Gasteiger partial charge in [0.2, 0.25) is 11.8 Å². The number of likely N-dealkylation sites (tertiary alicyclic amines) is 1. The van der Waals surface area contributed by atoms with Gasteiger partial charge in [0.05, 0.1) is 17.6 Å². The lowest BCUT2D eigenvalue weighted by Crippen LogP contribution is -2.51. The van der Waals surface area contributed by atoms with Crippen LogP contribution in [0.4, 0.5) is 11.5 Å². The maximum Gasteiger partial charge on any atom is 0.336 e. The minimum atomic E-state index is -1.02. The van der Waals surface area contributed by atoms with Crippen LogP contribution in [0.5, 0.6) is 0 Å². The fourth-order valence-corrected chi connectivity index (χ4v) is 5.11. The smallest absolute Gasteiger partial charge is 0.336 e. The van der Waals surface area contributed by atoms with E-state index in [0.29, 0.717) is 42.0 Å². The van der Waals surface area contributed by atoms with E-state index in [1.165, 1.54) is 6.42 Å². The standard InChI is InChI=1S/C26H33N5O4/c32-24(31-9-2-1-3-10-31)17-29-11-13-30(14-12-29)23-16-21(26(34)35)20-15-19(7-8-22(20)28-23)27-25(33)18-5-4-6-18/h7-8,15-16,18H,1-6,9-14,17H2,(H,27,33)(H,34,35). The van der Waals surface area contributed by atoms with Crippen molar-refractivity contribution in [2.75, 3.05) is 56.0 Å². The molecule has 0 atom stereocenters. The molecular weight excluding hydrogens is 446 g/mol. The van der Waals surface area contributed by atoms with Crippen LogP contribution >= 0.6 is 0 Å². The second-order valence-electron chi connectivity index (χ2n) is 9.89. The third-order valence-corrected chi connectivity index (χ3v) is 7.53. The summed E-state index contributed by atoms with van der Waals surface area (Å²) < 4.78 is 0. The molecule has 2 amide bonds. The van der Waals surface area contributed by atoms with E-state index < -0.39 is 5.97 Å². The molecule has 2 aromatic rings. The van der Waals surface area contributed by atoms with Gasteiger partial charge >= 0.3 is 5.97 Å². The number of carboxylic acid groups (broad SMARTS) is 1. The van der Waals surface area contributed by atoms with Gasteiger partial charge in [-0.3, -0.25) is 14.5 Å². The lowest BCUT2D eigenvalue weighted by atomic mass is 9.85. The summed E-state index contributed by atoms with van der Waals surface area (Å²) in [5.74, 6) is -0.141. The Labute approximate surface area is 205 Å². The van der Waals surface area contributed by atoms with Gasteiger partial charge in [-0.2, -0.15) is 0 Å². The number of aromatic carboxylic acids is 1. The van der Waals surface area contributed by atoms with Crippen molar-refractivity contribution in [1.82, 2.24) is 14.8 Å². The molecule has 1 aromatic heterocycles. The number of aromatic nitrogens is 1. The molecule has 1 aliphatic carbocycles. The van der Waals surface area contributed by atoms with E-state index in [2.05, 4.69) is 15.1 Å². The zero-order valence-electron chi connectivity index (χ0n) is 20.0. The molecule has 0 radical (unpaired) electrons. The van der Waals surface area contributed by atoms with E-state index in [-0.39, 0.29) is 23.3 Å². The summed E-state index contributed by atoms with van der Waals surface area (Å²) in [4.78, 5) is 48.0. The lowest BCUT2D eigenvalue weighted by Gasteiger charge is -2.36. The van der Waals surface area contributed by atoms with Gasteiger partial charge < -0.3 is 20.2 Å². The quantitative estimate of drug-likeness (QED) is 0.656. The zero-order chi connectivity index (χ0) is 24.4. The first-order valence-corrected chi connectivity index (χ1v) is 12.7. The fourth-order valence-electron chi connectivity index (χ4n) is 5.11. The van der Waals surface area contributed by atoms with Gasteiger partial charge in [0.15, 0.2) is 0 Å². The topological polar surface area (TPSA) is 106 Å². The number of carbonyl (C=O) groups is 3. The molecule has 1 saturated carbocycles. The molecular formula is C26H33N5O4. The number of rotatable bonds is 6. The summed E-state index contributed by atoms with van der Waals surface area (Å²) in [5, 5.41) is 13.3. The van der Waals surface area contributed by atoms with Crippen LogP contribution in [0.3, 0.4) is 0 Å². The Balaban J connectivity index is 1.27. The highest BCUT2D eigenvalue weighted by Crippen LogP contribution is 2.30. The Morgan fingerprint density at radius 1 is 0.943 bits per heavy atom. The molecule has 3 heterocycles. The van der Waals surface area contributed by atoms with E-state index in [9.17, 15) is 19.5 Å². The molecule has 5 rings (SSSR count). The van der Waals surface area contributed by atoms with Crippen molar-refractivity contribution in [3.8, 4) is 0 Å². The van der Waals surface area contributed by atoms with Gasteiger partial charge in [0.1, 0.15) is 5.82 Å². The zero-order valence-corrected chi connectivity index (χ0v) is 20.0. The molecule has 3 fully saturated rings. The third-order valence-electron chi connectivity index (χ3n) is 7.53. The number of piperazine rings is 1. The predicted octanol–water partition coefficient (Wildman–Crippen LogP) is 2.81. The molecule has 0 unspecified atom stereocenters. The van der Waals surface area contributed by atoms with Crippen molar-refractivity contribution < 1.29 is 19.5 Å². The molecule has 2 aliphatic heterocycles. The van der Waals surface area contributed by atoms with Crippen LogP contribution in [0.1, 0.15) is 48.9 Å². The highest BCUT2D eigenvalue weighted by Gasteiger charge is 2.26. The molecule has 0 spiro atoms. The van der Waals surface area contributed by atoms with Crippen LogP contribution in [-0.4, -0.2) is 83.5 Å². The second-order valence-corrected chi connectivity index (χ2v) is 9.89. The third kappa shape index (κ3) is 5.24. The highest BCUT2D eigenvalue weighted by atomic mass is 16.4. The number of nitrogens with one attached hydrogen (secondary N) is 1. The summed E-state index contributed by atoms with van der Waals surface area (Å²) in [7, 11) is 0. The molecule has 1 aromatic carbocycles. The van der Waals surface area contributed by atoms with Crippen molar-refractivity contribution in [3.05, 3.63) is 29.8 Å². The Morgan fingerprint density at radius 2 is 1.69 bits per heavy atom. The minimum Gasteiger partial charge on any atom is -0.478 e. The Morgan fingerprint density at radius 3 is 2.34 bits per heavy atom. The first kappa shape index (κ1) is 23.5. The SMILES string of the molecule is O=C(O)c1cc(N2CCN(CC(=O)N3CCCCC3)CC2)nc2ccc(NC(=O)C3CCC3)cc12. The van der Waals surface area contributed by atoms with Crippen molar-refractivity contribution in [3.63, 3.8) is 0 Å². The Kier molecular flexibility index (Phi) is 6.86. The van der Waals surface area contributed by atoms with E-state index in [1.54, 1.807) is 24.3 Å². The van der Waals surface area contributed by atoms with Gasteiger partial charge in [-0.15, -0.1) is 0 Å². The minimum absolute atomic E-state index is 0.00584. The molecule has 2 saturated heterocycles. The molecule has 9 nitrogen and oxygen atoms in total. The largest absolute Gasteiger partial charge is 0.478 e. The molecule has 2 N–H and O–H groups in total. The van der Waals surface area contributed by atoms with Crippen molar-refractivity contribution >= 4 is 40.2 Å². The maximum atomic E-state index is 12.6. The summed E-state index contributed by atoms with van der Waals surface area (Å²) >= 11 is 0. The number of pyridine rings is 1. The van der Waals surface area contributed by atoms with Gasteiger partial charge in [0.25, 0.3) is 0 Å². The van der Waals surface area contributed by atoms with Gasteiger partial charge in [-0.25, -0.2) is 9.78 Å². The average Bonchev–Trinajstić information content (AvgIpc) is 2.83. The van der Waals surface area contributed by atoms with E-state index in [1.807, 2.05) is 4.90 Å². The summed E-state index contributed by atoms with van der Waals surface area (Å²) in [6.45, 7) is 4.99. The van der Waals surface area contributed by atoms with Gasteiger partial charge in [-0.05, 0) is 56.4 Å². The molecule has 0 bridgehead atoms. The Bertz CT molecular complexity index is 1120. The Hall–Kier alpha value is -3.20. The number of nitrogens with zero attached hydrogens (tertiary/aromatic N) is 4. The highest BCUT2D eigenvalue weighted by molar-refractivity contribution is 6.05. The normalized spacial score (nSPS) is 19.4. The average molecular weight is 480 g/mol. The first-order valence-electron chi connectivity index (χ1n) is 12.7. The lowest BCUT2D eigenvalue weighted by molar-refractivity contribution is -0.133. The fraction of sp³-hybridized carbons (Fsp3) is 0.538. The number of carbonyl (C=O) groups excluding carboxylic acids is 2. The van der Waals surface area contributed by atoms with Crippen LogP contribution < -0.4 is 10.2 Å². The van der Waals surface area contributed by atoms with Crippen LogP contribution in [0.25, 0.3) is 10.9 Å². The number of fused-ring (bicyclic) bond motifs is 1. The summed E-state index contributed by atoms with van der Waals surface area (Å²) in [6, 6.07) is 6.88. The number of hydrogen-bond donors (Lipinski definition) is 2. The van der Waals surface area contributed by atoms with Gasteiger partial charge in [0, 0.05) is 56.3 Å². The van der Waals surface area contributed by atoms with Crippen molar-refractivity contribution in [2.24, 2.45) is 5.92 Å². The van der Waals surface area contributed by atoms with Gasteiger partial charge in [-0.1, -0.05) is 6.42 Å². The monoisotopic (exact) mass is 479 g/mol. The van der Waals surface area contributed by atoms with E-state index >= 15 is 0 Å². The number of amides is 2. The maximum absolute atomic E-state index is 12.6. The molecule has 9 heteroatoms. The van der Waals surface area contributed by atoms with Crippen LogP contribution in [0, 0.1) is 5.92 Å². The van der Waals surface area contributed by atoms with Crippen LogP contribution in [0.15, 0.2) is 24.3 Å². The molecule has 186 valence electrons. The first-order chi connectivity index (χ1) is 17.0. The summed E-state index contributed by atoms with van der Waals surface area (Å²) in [6.07, 6.45) is 6.28. The summed E-state index contributed by atoms with van der Waals surface area (Å²) in [5.41, 5.74) is 1.36. The number of benzene rings is 1. The molecule has 3 aliphatic rings. The number of carboxylic acids is 1.